The zero-order chi connectivity index (χ0) is 15.5. The molecule has 4 heteroatoms. The summed E-state index contributed by atoms with van der Waals surface area (Å²) in [7, 11) is 0. The van der Waals surface area contributed by atoms with Gasteiger partial charge in [0.15, 0.2) is 0 Å². The summed E-state index contributed by atoms with van der Waals surface area (Å²) in [6.07, 6.45) is 7.02. The monoisotopic (exact) mass is 296 g/mol. The van der Waals surface area contributed by atoms with Crippen LogP contribution in [0.25, 0.3) is 0 Å². The van der Waals surface area contributed by atoms with Crippen LogP contribution in [0.4, 0.5) is 4.79 Å². The summed E-state index contributed by atoms with van der Waals surface area (Å²) in [5.41, 5.74) is -0.402. The Hall–Kier alpha value is -0.770. The van der Waals surface area contributed by atoms with Crippen molar-refractivity contribution in [3.63, 3.8) is 0 Å². The second-order valence-corrected chi connectivity index (χ2v) is 7.81. The van der Waals surface area contributed by atoms with E-state index in [1.54, 1.807) is 0 Å². The molecule has 2 aliphatic rings. The standard InChI is InChI=1S/C17H32N2O2/c1-13-8-9-14(12-18-13)11-15-7-5-6-10-19(15)16(20)21-17(2,3)4/h13-15,18H,5-12H2,1-4H3. The smallest absolute Gasteiger partial charge is 0.410 e. The highest BCUT2D eigenvalue weighted by Gasteiger charge is 2.32. The first-order valence-corrected chi connectivity index (χ1v) is 8.58. The lowest BCUT2D eigenvalue weighted by Gasteiger charge is -2.39. The van der Waals surface area contributed by atoms with Crippen molar-refractivity contribution in [2.45, 2.75) is 83.9 Å². The minimum atomic E-state index is -0.402. The quantitative estimate of drug-likeness (QED) is 0.847. The molecule has 0 radical (unpaired) electrons. The number of nitrogens with zero attached hydrogens (tertiary/aromatic N) is 1. The van der Waals surface area contributed by atoms with Crippen LogP contribution in [0.5, 0.6) is 0 Å². The van der Waals surface area contributed by atoms with Gasteiger partial charge in [-0.15, -0.1) is 0 Å². The van der Waals surface area contributed by atoms with Crippen LogP contribution in [-0.2, 0) is 4.74 Å². The van der Waals surface area contributed by atoms with E-state index < -0.39 is 5.60 Å². The van der Waals surface area contributed by atoms with Crippen LogP contribution in [-0.4, -0.2) is 41.8 Å². The predicted octanol–water partition coefficient (Wildman–Crippen LogP) is 3.55. The number of hydrogen-bond acceptors (Lipinski definition) is 3. The van der Waals surface area contributed by atoms with Crippen molar-refractivity contribution < 1.29 is 9.53 Å². The van der Waals surface area contributed by atoms with E-state index in [-0.39, 0.29) is 6.09 Å². The van der Waals surface area contributed by atoms with Crippen LogP contribution in [0.1, 0.15) is 66.2 Å². The summed E-state index contributed by atoms with van der Waals surface area (Å²) >= 11 is 0. The molecular weight excluding hydrogens is 264 g/mol. The molecule has 3 atom stereocenters. The van der Waals surface area contributed by atoms with Crippen LogP contribution >= 0.6 is 0 Å². The Balaban J connectivity index is 1.90. The van der Waals surface area contributed by atoms with Gasteiger partial charge in [0.2, 0.25) is 0 Å². The molecule has 2 heterocycles. The van der Waals surface area contributed by atoms with Gasteiger partial charge >= 0.3 is 6.09 Å². The van der Waals surface area contributed by atoms with Crippen molar-refractivity contribution in [1.29, 1.82) is 0 Å². The molecule has 3 unspecified atom stereocenters. The van der Waals surface area contributed by atoms with Crippen molar-refractivity contribution in [1.82, 2.24) is 10.2 Å². The first-order valence-electron chi connectivity index (χ1n) is 8.58. The summed E-state index contributed by atoms with van der Waals surface area (Å²) in [6.45, 7) is 10.0. The highest BCUT2D eigenvalue weighted by atomic mass is 16.6. The number of likely N-dealkylation sites (tertiary alicyclic amines) is 1. The maximum atomic E-state index is 12.4. The van der Waals surface area contributed by atoms with Crippen LogP contribution in [0.2, 0.25) is 0 Å². The molecule has 2 fully saturated rings. The van der Waals surface area contributed by atoms with E-state index in [1.807, 2.05) is 25.7 Å². The first kappa shape index (κ1) is 16.6. The zero-order valence-electron chi connectivity index (χ0n) is 14.2. The summed E-state index contributed by atoms with van der Waals surface area (Å²) in [5.74, 6) is 0.703. The van der Waals surface area contributed by atoms with Gasteiger partial charge in [0.1, 0.15) is 5.60 Å². The maximum Gasteiger partial charge on any atom is 0.410 e. The molecule has 2 aliphatic heterocycles. The molecule has 1 N–H and O–H groups in total. The van der Waals surface area contributed by atoms with Crippen molar-refractivity contribution in [3.8, 4) is 0 Å². The Labute approximate surface area is 129 Å². The zero-order valence-corrected chi connectivity index (χ0v) is 14.2. The molecule has 2 saturated heterocycles. The lowest BCUT2D eigenvalue weighted by atomic mass is 9.86. The number of amides is 1. The second-order valence-electron chi connectivity index (χ2n) is 7.81. The minimum absolute atomic E-state index is 0.121. The molecule has 21 heavy (non-hydrogen) atoms. The number of carbonyl (C=O) groups is 1. The molecular formula is C17H32N2O2. The average molecular weight is 296 g/mol. The lowest BCUT2D eigenvalue weighted by Crippen LogP contribution is -2.48. The van der Waals surface area contributed by atoms with E-state index in [9.17, 15) is 4.79 Å². The maximum absolute atomic E-state index is 12.4. The molecule has 0 bridgehead atoms. The summed E-state index contributed by atoms with van der Waals surface area (Å²) in [5, 5.41) is 3.57. The Morgan fingerprint density at radius 1 is 1.24 bits per heavy atom. The van der Waals surface area contributed by atoms with Crippen molar-refractivity contribution in [3.05, 3.63) is 0 Å². The van der Waals surface area contributed by atoms with E-state index in [0.29, 0.717) is 18.0 Å². The highest BCUT2D eigenvalue weighted by Crippen LogP contribution is 2.28. The number of nitrogens with one attached hydrogen (secondary N) is 1. The van der Waals surface area contributed by atoms with E-state index >= 15 is 0 Å². The molecule has 0 aromatic carbocycles. The largest absolute Gasteiger partial charge is 0.444 e. The van der Waals surface area contributed by atoms with E-state index in [2.05, 4.69) is 12.2 Å². The van der Waals surface area contributed by atoms with Crippen LogP contribution in [0.3, 0.4) is 0 Å². The third kappa shape index (κ3) is 5.17. The molecule has 2 rings (SSSR count). The predicted molar refractivity (Wildman–Crippen MR) is 85.4 cm³/mol. The van der Waals surface area contributed by atoms with Gasteiger partial charge in [0.25, 0.3) is 0 Å². The molecule has 1 amide bonds. The Morgan fingerprint density at radius 2 is 2.00 bits per heavy atom. The van der Waals surface area contributed by atoms with Crippen LogP contribution in [0.15, 0.2) is 0 Å². The third-order valence-corrected chi connectivity index (χ3v) is 4.62. The van der Waals surface area contributed by atoms with Crippen LogP contribution < -0.4 is 5.32 Å². The van der Waals surface area contributed by atoms with Gasteiger partial charge in [-0.2, -0.15) is 0 Å². The molecule has 0 spiro atoms. The van der Waals surface area contributed by atoms with E-state index in [1.165, 1.54) is 19.3 Å². The fraction of sp³-hybridized carbons (Fsp3) is 0.941. The summed E-state index contributed by atoms with van der Waals surface area (Å²) in [4.78, 5) is 14.4. The lowest BCUT2D eigenvalue weighted by molar-refractivity contribution is 0.00620. The second kappa shape index (κ2) is 6.99. The number of piperidine rings is 2. The fourth-order valence-electron chi connectivity index (χ4n) is 3.45. The highest BCUT2D eigenvalue weighted by molar-refractivity contribution is 5.68. The Morgan fingerprint density at radius 3 is 2.62 bits per heavy atom. The van der Waals surface area contributed by atoms with Gasteiger partial charge < -0.3 is 15.0 Å². The normalized spacial score (nSPS) is 31.0. The van der Waals surface area contributed by atoms with E-state index in [4.69, 9.17) is 4.74 Å². The number of rotatable bonds is 2. The van der Waals surface area contributed by atoms with Crippen LogP contribution in [0, 0.1) is 5.92 Å². The minimum Gasteiger partial charge on any atom is -0.444 e. The number of carbonyl (C=O) groups excluding carboxylic acids is 1. The number of hydrogen-bond donors (Lipinski definition) is 1. The third-order valence-electron chi connectivity index (χ3n) is 4.62. The van der Waals surface area contributed by atoms with Gasteiger partial charge in [-0.25, -0.2) is 4.79 Å². The molecule has 0 aromatic heterocycles. The van der Waals surface area contributed by atoms with Gasteiger partial charge in [0, 0.05) is 18.6 Å². The van der Waals surface area contributed by atoms with Crippen molar-refractivity contribution in [2.75, 3.05) is 13.1 Å². The van der Waals surface area contributed by atoms with Gasteiger partial charge in [0.05, 0.1) is 0 Å². The topological polar surface area (TPSA) is 41.6 Å². The molecule has 0 aromatic rings. The molecule has 122 valence electrons. The summed E-state index contributed by atoms with van der Waals surface area (Å²) in [6, 6.07) is 1.02. The molecule has 0 saturated carbocycles. The average Bonchev–Trinajstić information content (AvgIpc) is 2.40. The summed E-state index contributed by atoms with van der Waals surface area (Å²) < 4.78 is 5.59. The molecule has 0 aliphatic carbocycles. The first-order chi connectivity index (χ1) is 9.85. The number of ether oxygens (including phenoxy) is 1. The Bertz CT molecular complexity index is 343. The van der Waals surface area contributed by atoms with E-state index in [0.717, 1.165) is 32.4 Å². The SMILES string of the molecule is CC1CCC(CC2CCCCN2C(=O)OC(C)(C)C)CN1. The van der Waals surface area contributed by atoms with Gasteiger partial charge in [-0.05, 0) is 78.7 Å². The van der Waals surface area contributed by atoms with Crippen molar-refractivity contribution in [2.24, 2.45) is 5.92 Å². The van der Waals surface area contributed by atoms with Gasteiger partial charge in [-0.3, -0.25) is 0 Å². The van der Waals surface area contributed by atoms with Crippen molar-refractivity contribution >= 4 is 6.09 Å². The van der Waals surface area contributed by atoms with Gasteiger partial charge in [-0.1, -0.05) is 0 Å². The Kier molecular flexibility index (Phi) is 5.53. The fourth-order valence-corrected chi connectivity index (χ4v) is 3.45. The molecule has 4 nitrogen and oxygen atoms in total.